The number of carbonyl (C=O) groups is 2. The summed E-state index contributed by atoms with van der Waals surface area (Å²) in [6.07, 6.45) is 3.82. The van der Waals surface area contributed by atoms with Crippen molar-refractivity contribution in [1.82, 2.24) is 9.80 Å². The third-order valence-corrected chi connectivity index (χ3v) is 6.94. The van der Waals surface area contributed by atoms with Gasteiger partial charge in [-0.15, -0.1) is 0 Å². The number of hydrogen-bond acceptors (Lipinski definition) is 4. The predicted octanol–water partition coefficient (Wildman–Crippen LogP) is 4.56. The minimum atomic E-state index is -0.785. The van der Waals surface area contributed by atoms with Crippen molar-refractivity contribution in [3.05, 3.63) is 60.2 Å². The standard InChI is InChI=1S/C28H30N4O2/c1-5-19-6-13-23(14-24(19)29-4)20-7-9-21(10-8-20)25-30-28(2,3)27(34)32(25)17-18-15-31(16-18)26(33)22-11-12-22/h5-10,13-14,18,22H,1,4,11-12,15-17H2,2-3H3. The van der Waals surface area contributed by atoms with Crippen LogP contribution in [0.2, 0.25) is 0 Å². The van der Waals surface area contributed by atoms with Crippen LogP contribution in [0.1, 0.15) is 37.8 Å². The van der Waals surface area contributed by atoms with E-state index in [1.807, 2.05) is 66.1 Å². The number of rotatable bonds is 7. The first kappa shape index (κ1) is 22.3. The molecule has 2 fully saturated rings. The minimum absolute atomic E-state index is 0.0141. The molecule has 1 saturated carbocycles. The second-order valence-electron chi connectivity index (χ2n) is 10.0. The van der Waals surface area contributed by atoms with E-state index in [1.165, 1.54) is 0 Å². The van der Waals surface area contributed by atoms with E-state index in [-0.39, 0.29) is 17.7 Å². The number of hydrogen-bond donors (Lipinski definition) is 0. The van der Waals surface area contributed by atoms with E-state index in [4.69, 9.17) is 4.99 Å². The van der Waals surface area contributed by atoms with E-state index >= 15 is 0 Å². The molecular formula is C28H30N4O2. The molecule has 174 valence electrons. The van der Waals surface area contributed by atoms with E-state index < -0.39 is 5.54 Å². The lowest BCUT2D eigenvalue weighted by Gasteiger charge is -2.41. The summed E-state index contributed by atoms with van der Waals surface area (Å²) in [6.45, 7) is 13.2. The molecule has 0 aromatic heterocycles. The summed E-state index contributed by atoms with van der Waals surface area (Å²) in [5.41, 5.74) is 3.96. The molecule has 0 atom stereocenters. The Balaban J connectivity index is 1.34. The van der Waals surface area contributed by atoms with Gasteiger partial charge in [-0.3, -0.25) is 24.5 Å². The van der Waals surface area contributed by atoms with Crippen molar-refractivity contribution in [3.63, 3.8) is 0 Å². The molecule has 0 spiro atoms. The Morgan fingerprint density at radius 3 is 2.38 bits per heavy atom. The van der Waals surface area contributed by atoms with Crippen LogP contribution >= 0.6 is 0 Å². The van der Waals surface area contributed by atoms with Crippen molar-refractivity contribution < 1.29 is 9.59 Å². The molecule has 1 saturated heterocycles. The summed E-state index contributed by atoms with van der Waals surface area (Å²) in [5, 5.41) is 0. The Morgan fingerprint density at radius 2 is 1.76 bits per heavy atom. The van der Waals surface area contributed by atoms with Crippen LogP contribution in [0, 0.1) is 11.8 Å². The van der Waals surface area contributed by atoms with Gasteiger partial charge in [0, 0.05) is 37.0 Å². The van der Waals surface area contributed by atoms with Gasteiger partial charge >= 0.3 is 0 Å². The molecule has 2 aromatic rings. The van der Waals surface area contributed by atoms with Crippen LogP contribution in [-0.2, 0) is 9.59 Å². The topological polar surface area (TPSA) is 65.3 Å². The van der Waals surface area contributed by atoms with Gasteiger partial charge in [-0.05, 0) is 56.2 Å². The summed E-state index contributed by atoms with van der Waals surface area (Å²) < 4.78 is 0. The van der Waals surface area contributed by atoms with E-state index in [2.05, 4.69) is 18.3 Å². The highest BCUT2D eigenvalue weighted by atomic mass is 16.2. The predicted molar refractivity (Wildman–Crippen MR) is 136 cm³/mol. The third kappa shape index (κ3) is 3.98. The van der Waals surface area contributed by atoms with Gasteiger partial charge < -0.3 is 4.90 Å². The van der Waals surface area contributed by atoms with Crippen molar-refractivity contribution in [1.29, 1.82) is 0 Å². The molecule has 0 N–H and O–H groups in total. The van der Waals surface area contributed by atoms with Gasteiger partial charge in [0.1, 0.15) is 11.4 Å². The molecule has 0 unspecified atom stereocenters. The lowest BCUT2D eigenvalue weighted by atomic mass is 9.97. The molecule has 0 bridgehead atoms. The van der Waals surface area contributed by atoms with Gasteiger partial charge in [0.2, 0.25) is 5.91 Å². The molecule has 0 radical (unpaired) electrons. The maximum absolute atomic E-state index is 13.1. The maximum atomic E-state index is 13.1. The summed E-state index contributed by atoms with van der Waals surface area (Å²) in [7, 11) is 0. The molecule has 3 aliphatic rings. The number of carbonyl (C=O) groups excluding carboxylic acids is 2. The van der Waals surface area contributed by atoms with Crippen molar-refractivity contribution in [2.24, 2.45) is 21.8 Å². The number of amidine groups is 1. The van der Waals surface area contributed by atoms with Crippen molar-refractivity contribution in [3.8, 4) is 11.1 Å². The first-order valence-corrected chi connectivity index (χ1v) is 11.9. The van der Waals surface area contributed by atoms with Crippen LogP contribution < -0.4 is 0 Å². The molecule has 34 heavy (non-hydrogen) atoms. The van der Waals surface area contributed by atoms with E-state index in [9.17, 15) is 9.59 Å². The molecule has 2 amide bonds. The van der Waals surface area contributed by atoms with Gasteiger partial charge in [-0.2, -0.15) is 0 Å². The molecule has 2 aliphatic heterocycles. The number of nitrogens with zero attached hydrogens (tertiary/aromatic N) is 4. The molecular weight excluding hydrogens is 424 g/mol. The highest BCUT2D eigenvalue weighted by Gasteiger charge is 2.45. The lowest BCUT2D eigenvalue weighted by Crippen LogP contribution is -2.55. The molecule has 1 aliphatic carbocycles. The molecule has 6 nitrogen and oxygen atoms in total. The largest absolute Gasteiger partial charge is 0.342 e. The average molecular weight is 455 g/mol. The summed E-state index contributed by atoms with van der Waals surface area (Å²) in [6, 6.07) is 14.1. The SMILES string of the molecule is C=Cc1ccc(-c2ccc(C3=NC(C)(C)C(=O)N3CC3CN(C(=O)C4CC4)C3)cc2)cc1N=C. The molecule has 2 aromatic carbocycles. The first-order chi connectivity index (χ1) is 16.3. The summed E-state index contributed by atoms with van der Waals surface area (Å²) in [4.78, 5) is 38.0. The van der Waals surface area contributed by atoms with Crippen molar-refractivity contribution in [2.75, 3.05) is 19.6 Å². The lowest BCUT2D eigenvalue weighted by molar-refractivity contribution is -0.140. The highest BCUT2D eigenvalue weighted by Crippen LogP contribution is 2.35. The summed E-state index contributed by atoms with van der Waals surface area (Å²) in [5.74, 6) is 1.54. The number of likely N-dealkylation sites (tertiary alicyclic amines) is 1. The van der Waals surface area contributed by atoms with Gasteiger partial charge in [0.15, 0.2) is 0 Å². The Morgan fingerprint density at radius 1 is 1.12 bits per heavy atom. The Hall–Kier alpha value is -3.54. The number of benzene rings is 2. The van der Waals surface area contributed by atoms with Crippen LogP contribution in [0.15, 0.2) is 59.0 Å². The van der Waals surface area contributed by atoms with Crippen LogP contribution in [0.25, 0.3) is 17.2 Å². The normalized spacial score (nSPS) is 19.6. The van der Waals surface area contributed by atoms with Gasteiger partial charge in [-0.1, -0.05) is 49.1 Å². The zero-order valence-corrected chi connectivity index (χ0v) is 19.8. The Bertz CT molecular complexity index is 1200. The minimum Gasteiger partial charge on any atom is -0.342 e. The fourth-order valence-corrected chi connectivity index (χ4v) is 4.75. The van der Waals surface area contributed by atoms with Gasteiger partial charge in [-0.25, -0.2) is 0 Å². The monoisotopic (exact) mass is 454 g/mol. The zero-order valence-electron chi connectivity index (χ0n) is 19.8. The van der Waals surface area contributed by atoms with Gasteiger partial charge in [0.25, 0.3) is 5.91 Å². The molecule has 2 heterocycles. The first-order valence-electron chi connectivity index (χ1n) is 11.9. The van der Waals surface area contributed by atoms with Crippen LogP contribution in [0.3, 0.4) is 0 Å². The molecule has 5 rings (SSSR count). The second-order valence-corrected chi connectivity index (χ2v) is 10.0. The second kappa shape index (κ2) is 8.35. The van der Waals surface area contributed by atoms with Crippen molar-refractivity contribution in [2.45, 2.75) is 32.2 Å². The van der Waals surface area contributed by atoms with Crippen molar-refractivity contribution >= 4 is 36.1 Å². The zero-order chi connectivity index (χ0) is 24.0. The average Bonchev–Trinajstić information content (AvgIpc) is 3.63. The fraction of sp³-hybridized carbons (Fsp3) is 0.357. The van der Waals surface area contributed by atoms with E-state index in [1.54, 1.807) is 6.08 Å². The fourth-order valence-electron chi connectivity index (χ4n) is 4.75. The van der Waals surface area contributed by atoms with Crippen LogP contribution in [0.5, 0.6) is 0 Å². The summed E-state index contributed by atoms with van der Waals surface area (Å²) >= 11 is 0. The maximum Gasteiger partial charge on any atom is 0.255 e. The smallest absolute Gasteiger partial charge is 0.255 e. The Kier molecular flexibility index (Phi) is 5.47. The third-order valence-electron chi connectivity index (χ3n) is 6.94. The molecule has 6 heteroatoms. The van der Waals surface area contributed by atoms with E-state index in [0.29, 0.717) is 18.3 Å². The van der Waals surface area contributed by atoms with Gasteiger partial charge in [0.05, 0.1) is 5.69 Å². The highest BCUT2D eigenvalue weighted by molar-refractivity contribution is 6.15. The van der Waals surface area contributed by atoms with E-state index in [0.717, 1.165) is 53.9 Å². The Labute approximate surface area is 200 Å². The van der Waals surface area contributed by atoms with Crippen LogP contribution in [-0.4, -0.2) is 59.3 Å². The quantitative estimate of drug-likeness (QED) is 0.576. The number of aliphatic imine (C=N–C) groups is 2. The number of amides is 2. The van der Waals surface area contributed by atoms with Crippen LogP contribution in [0.4, 0.5) is 5.69 Å².